The molecule has 1 aliphatic heterocycles. The van der Waals surface area contributed by atoms with Gasteiger partial charge in [0.2, 0.25) is 0 Å². The van der Waals surface area contributed by atoms with E-state index in [2.05, 4.69) is 13.1 Å². The first-order chi connectivity index (χ1) is 7.26. The van der Waals surface area contributed by atoms with Crippen LogP contribution in [0.25, 0.3) is 0 Å². The molecule has 96 valence electrons. The summed E-state index contributed by atoms with van der Waals surface area (Å²) in [6, 6.07) is 0.655. The molecular weight excluding hydrogens is 222 g/mol. The van der Waals surface area contributed by atoms with Gasteiger partial charge >= 0.3 is 5.97 Å². The Morgan fingerprint density at radius 2 is 1.94 bits per heavy atom. The first kappa shape index (κ1) is 15.6. The molecule has 16 heavy (non-hydrogen) atoms. The number of hydrogen-bond donors (Lipinski definition) is 2. The summed E-state index contributed by atoms with van der Waals surface area (Å²) in [5.74, 6) is -0.910. The lowest BCUT2D eigenvalue weighted by atomic mass is 10.1. The Bertz CT molecular complexity index is 211. The fraction of sp³-hybridized carbons (Fsp3) is 0.909. The molecule has 1 heterocycles. The van der Waals surface area contributed by atoms with Gasteiger partial charge in [-0.15, -0.1) is 0 Å². The van der Waals surface area contributed by atoms with Crippen LogP contribution in [0.2, 0.25) is 19.1 Å². The minimum atomic E-state index is -1.09. The van der Waals surface area contributed by atoms with Crippen molar-refractivity contribution in [1.29, 1.82) is 0 Å². The molecule has 1 aliphatic rings. The Hall–Kier alpha value is -0.393. The lowest BCUT2D eigenvalue weighted by molar-refractivity contribution is -0.139. The van der Waals surface area contributed by atoms with Crippen LogP contribution in [0, 0.1) is 5.92 Å². The number of rotatable bonds is 2. The van der Waals surface area contributed by atoms with E-state index in [9.17, 15) is 4.79 Å². The molecular formula is C11H25NO3Si. The molecule has 3 N–H and O–H groups in total. The Balaban J connectivity index is 0.000000281. The molecule has 0 spiro atoms. The smallest absolute Gasteiger partial charge is 0.320 e. The first-order valence-corrected chi connectivity index (χ1v) is 9.00. The number of carboxylic acids is 1. The predicted octanol–water partition coefficient (Wildman–Crippen LogP) is 2.06. The topological polar surface area (TPSA) is 72.6 Å². The highest BCUT2D eigenvalue weighted by molar-refractivity contribution is 6.71. The van der Waals surface area contributed by atoms with Crippen LogP contribution in [-0.4, -0.2) is 32.0 Å². The molecule has 0 amide bonds. The minimum absolute atomic E-state index is 0.0208. The van der Waals surface area contributed by atoms with Crippen LogP contribution in [0.5, 0.6) is 0 Å². The SMILES string of the molecule is CC(C)[C@H](N)C(=O)O.C[Si]1(C)CCCCO1. The lowest BCUT2D eigenvalue weighted by Gasteiger charge is -2.27. The monoisotopic (exact) mass is 247 g/mol. The van der Waals surface area contributed by atoms with Crippen LogP contribution in [0.3, 0.4) is 0 Å². The number of hydrogen-bond acceptors (Lipinski definition) is 3. The van der Waals surface area contributed by atoms with Crippen LogP contribution < -0.4 is 5.73 Å². The molecule has 1 fully saturated rings. The average molecular weight is 247 g/mol. The van der Waals surface area contributed by atoms with Crippen molar-refractivity contribution in [2.75, 3.05) is 6.61 Å². The Morgan fingerprint density at radius 1 is 1.38 bits per heavy atom. The second-order valence-electron chi connectivity index (χ2n) is 5.17. The van der Waals surface area contributed by atoms with E-state index < -0.39 is 20.3 Å². The molecule has 1 rings (SSSR count). The molecule has 1 atom stereocenters. The van der Waals surface area contributed by atoms with E-state index in [-0.39, 0.29) is 5.92 Å². The highest BCUT2D eigenvalue weighted by Gasteiger charge is 2.24. The van der Waals surface area contributed by atoms with Crippen LogP contribution in [0.15, 0.2) is 0 Å². The summed E-state index contributed by atoms with van der Waals surface area (Å²) in [5, 5.41) is 8.23. The summed E-state index contributed by atoms with van der Waals surface area (Å²) in [6.45, 7) is 9.18. The largest absolute Gasteiger partial charge is 0.480 e. The second kappa shape index (κ2) is 7.03. The molecule has 0 bridgehead atoms. The van der Waals surface area contributed by atoms with Gasteiger partial charge in [0.25, 0.3) is 0 Å². The fourth-order valence-electron chi connectivity index (χ4n) is 1.36. The zero-order valence-corrected chi connectivity index (χ0v) is 11.8. The molecule has 0 radical (unpaired) electrons. The van der Waals surface area contributed by atoms with Crippen molar-refractivity contribution < 1.29 is 14.3 Å². The van der Waals surface area contributed by atoms with Gasteiger partial charge in [0, 0.05) is 6.61 Å². The Labute approximate surface area is 99.3 Å². The van der Waals surface area contributed by atoms with Crippen LogP contribution in [-0.2, 0) is 9.22 Å². The van der Waals surface area contributed by atoms with Crippen LogP contribution >= 0.6 is 0 Å². The normalized spacial score (nSPS) is 20.9. The van der Waals surface area contributed by atoms with E-state index in [1.54, 1.807) is 13.8 Å². The van der Waals surface area contributed by atoms with E-state index in [1.807, 2.05) is 0 Å². The Kier molecular flexibility index (Phi) is 6.86. The van der Waals surface area contributed by atoms with Gasteiger partial charge in [-0.05, 0) is 31.5 Å². The molecule has 0 saturated carbocycles. The predicted molar refractivity (Wildman–Crippen MR) is 67.9 cm³/mol. The third-order valence-electron chi connectivity index (χ3n) is 2.67. The van der Waals surface area contributed by atoms with Gasteiger partial charge in [-0.3, -0.25) is 4.79 Å². The summed E-state index contributed by atoms with van der Waals surface area (Å²) in [4.78, 5) is 10.0. The van der Waals surface area contributed by atoms with Crippen molar-refractivity contribution in [2.24, 2.45) is 11.7 Å². The number of carboxylic acid groups (broad SMARTS) is 1. The van der Waals surface area contributed by atoms with Gasteiger partial charge in [0.1, 0.15) is 6.04 Å². The summed E-state index contributed by atoms with van der Waals surface area (Å²) in [5.41, 5.74) is 5.16. The van der Waals surface area contributed by atoms with Gasteiger partial charge in [-0.1, -0.05) is 20.3 Å². The van der Waals surface area contributed by atoms with Gasteiger partial charge in [-0.2, -0.15) is 0 Å². The van der Waals surface area contributed by atoms with Crippen molar-refractivity contribution in [3.05, 3.63) is 0 Å². The number of carbonyl (C=O) groups is 1. The van der Waals surface area contributed by atoms with Gasteiger partial charge < -0.3 is 15.3 Å². The highest BCUT2D eigenvalue weighted by Crippen LogP contribution is 2.20. The Morgan fingerprint density at radius 3 is 2.06 bits per heavy atom. The van der Waals surface area contributed by atoms with E-state index in [0.717, 1.165) is 6.61 Å². The maximum Gasteiger partial charge on any atom is 0.320 e. The molecule has 0 unspecified atom stereocenters. The molecule has 5 heteroatoms. The van der Waals surface area contributed by atoms with Crippen molar-refractivity contribution in [3.63, 3.8) is 0 Å². The zero-order chi connectivity index (χ0) is 12.8. The molecule has 0 aliphatic carbocycles. The quantitative estimate of drug-likeness (QED) is 0.733. The number of nitrogens with two attached hydrogens (primary N) is 1. The molecule has 1 saturated heterocycles. The van der Waals surface area contributed by atoms with Crippen molar-refractivity contribution in [1.82, 2.24) is 0 Å². The summed E-state index contributed by atoms with van der Waals surface area (Å²) < 4.78 is 5.60. The first-order valence-electron chi connectivity index (χ1n) is 5.88. The maximum atomic E-state index is 10.0. The second-order valence-corrected chi connectivity index (χ2v) is 9.48. The van der Waals surface area contributed by atoms with Crippen molar-refractivity contribution in [3.8, 4) is 0 Å². The maximum absolute atomic E-state index is 10.0. The summed E-state index contributed by atoms with van der Waals surface area (Å²) in [7, 11) is -1.09. The highest BCUT2D eigenvalue weighted by atomic mass is 28.4. The van der Waals surface area contributed by atoms with E-state index in [0.29, 0.717) is 0 Å². The van der Waals surface area contributed by atoms with E-state index >= 15 is 0 Å². The minimum Gasteiger partial charge on any atom is -0.480 e. The average Bonchev–Trinajstić information content (AvgIpc) is 2.16. The summed E-state index contributed by atoms with van der Waals surface area (Å²) >= 11 is 0. The van der Waals surface area contributed by atoms with Gasteiger partial charge in [0.05, 0.1) is 0 Å². The number of aliphatic carboxylic acids is 1. The van der Waals surface area contributed by atoms with Gasteiger partial charge in [0.15, 0.2) is 8.32 Å². The van der Waals surface area contributed by atoms with Crippen LogP contribution in [0.4, 0.5) is 0 Å². The third-order valence-corrected chi connectivity index (χ3v) is 5.21. The molecule has 0 aromatic carbocycles. The van der Waals surface area contributed by atoms with Gasteiger partial charge in [-0.25, -0.2) is 0 Å². The molecule has 4 nitrogen and oxygen atoms in total. The molecule has 0 aromatic rings. The standard InChI is InChI=1S/C6H14OSi.C5H11NO2/c1-8(2)6-4-3-5-7-8;1-3(2)4(6)5(7)8/h3-6H2,1-2H3;3-4H,6H2,1-2H3,(H,7,8)/t;4-/m.0/s1. The molecule has 0 aromatic heterocycles. The lowest BCUT2D eigenvalue weighted by Crippen LogP contribution is -2.34. The third kappa shape index (κ3) is 6.98. The van der Waals surface area contributed by atoms with E-state index in [4.69, 9.17) is 15.3 Å². The zero-order valence-electron chi connectivity index (χ0n) is 10.8. The van der Waals surface area contributed by atoms with Crippen molar-refractivity contribution >= 4 is 14.3 Å². The van der Waals surface area contributed by atoms with Crippen molar-refractivity contribution in [2.45, 2.75) is 51.9 Å². The van der Waals surface area contributed by atoms with Crippen LogP contribution in [0.1, 0.15) is 26.7 Å². The fourth-order valence-corrected chi connectivity index (χ4v) is 3.30. The van der Waals surface area contributed by atoms with E-state index in [1.165, 1.54) is 18.9 Å². The summed E-state index contributed by atoms with van der Waals surface area (Å²) in [6.07, 6.45) is 2.69.